The fraction of sp³-hybridized carbons (Fsp3) is 0.308. The van der Waals surface area contributed by atoms with Crippen molar-refractivity contribution < 1.29 is 9.53 Å². The predicted octanol–water partition coefficient (Wildman–Crippen LogP) is 4.05. The second-order valence-electron chi connectivity index (χ2n) is 8.63. The van der Waals surface area contributed by atoms with Crippen molar-refractivity contribution in [2.24, 2.45) is 7.05 Å². The molecule has 0 aliphatic carbocycles. The first-order valence-corrected chi connectivity index (χ1v) is 11.5. The normalized spacial score (nSPS) is 16.6. The van der Waals surface area contributed by atoms with Crippen molar-refractivity contribution in [3.8, 4) is 22.5 Å². The molecule has 8 heteroatoms. The zero-order valence-electron chi connectivity index (χ0n) is 19.7. The number of morpholine rings is 1. The van der Waals surface area contributed by atoms with Gasteiger partial charge in [-0.05, 0) is 19.2 Å². The lowest BCUT2D eigenvalue weighted by molar-refractivity contribution is -0.115. The van der Waals surface area contributed by atoms with Gasteiger partial charge in [0, 0.05) is 60.5 Å². The van der Waals surface area contributed by atoms with E-state index in [0.29, 0.717) is 13.0 Å². The molecule has 8 nitrogen and oxygen atoms in total. The van der Waals surface area contributed by atoms with Gasteiger partial charge in [0.25, 0.3) is 0 Å². The van der Waals surface area contributed by atoms with Crippen LogP contribution in [0.1, 0.15) is 25.0 Å². The van der Waals surface area contributed by atoms with Crippen LogP contribution in [0.2, 0.25) is 0 Å². The van der Waals surface area contributed by atoms with Crippen molar-refractivity contribution in [3.05, 3.63) is 60.6 Å². The van der Waals surface area contributed by atoms with E-state index in [2.05, 4.69) is 27.2 Å². The SMILES string of the molecule is CCC(=O)Nc1cc2c(-c3cn(C)nc3-c3ccccc3)ncnc2cc1C1CN(C)CCO1. The summed E-state index contributed by atoms with van der Waals surface area (Å²) in [4.78, 5) is 23.9. The summed E-state index contributed by atoms with van der Waals surface area (Å²) in [5.74, 6) is -0.0467. The van der Waals surface area contributed by atoms with Crippen molar-refractivity contribution in [1.82, 2.24) is 24.6 Å². The second-order valence-corrected chi connectivity index (χ2v) is 8.63. The summed E-state index contributed by atoms with van der Waals surface area (Å²) < 4.78 is 7.88. The van der Waals surface area contributed by atoms with Crippen molar-refractivity contribution >= 4 is 22.5 Å². The van der Waals surface area contributed by atoms with Gasteiger partial charge in [-0.25, -0.2) is 9.97 Å². The number of amides is 1. The summed E-state index contributed by atoms with van der Waals surface area (Å²) in [7, 11) is 3.98. The van der Waals surface area contributed by atoms with Crippen LogP contribution < -0.4 is 5.32 Å². The first-order valence-electron chi connectivity index (χ1n) is 11.5. The van der Waals surface area contributed by atoms with Gasteiger partial charge in [-0.15, -0.1) is 0 Å². The first kappa shape index (κ1) is 22.2. The number of ether oxygens (including phenoxy) is 1. The molecule has 174 valence electrons. The molecule has 2 aromatic heterocycles. The number of benzene rings is 2. The average molecular weight is 457 g/mol. The lowest BCUT2D eigenvalue weighted by Crippen LogP contribution is -2.35. The summed E-state index contributed by atoms with van der Waals surface area (Å²) in [6.07, 6.45) is 3.80. The van der Waals surface area contributed by atoms with Gasteiger partial charge in [-0.3, -0.25) is 9.48 Å². The third-order valence-electron chi connectivity index (χ3n) is 6.15. The van der Waals surface area contributed by atoms with Crippen molar-refractivity contribution in [3.63, 3.8) is 0 Å². The Morgan fingerprint density at radius 2 is 1.97 bits per heavy atom. The Labute approximate surface area is 198 Å². The molecule has 0 bridgehead atoms. The molecular formula is C26H28N6O2. The Morgan fingerprint density at radius 3 is 2.74 bits per heavy atom. The molecule has 1 fully saturated rings. The molecular weight excluding hydrogens is 428 g/mol. The van der Waals surface area contributed by atoms with E-state index in [-0.39, 0.29) is 12.0 Å². The van der Waals surface area contributed by atoms with Crippen LogP contribution in [0.3, 0.4) is 0 Å². The Balaban J connectivity index is 1.69. The van der Waals surface area contributed by atoms with Crippen LogP contribution in [-0.2, 0) is 16.6 Å². The fourth-order valence-corrected chi connectivity index (χ4v) is 4.38. The summed E-state index contributed by atoms with van der Waals surface area (Å²) in [5.41, 5.74) is 6.02. The minimum Gasteiger partial charge on any atom is -0.371 e. The highest BCUT2D eigenvalue weighted by Gasteiger charge is 2.25. The molecule has 4 aromatic rings. The Bertz CT molecular complexity index is 1330. The van der Waals surface area contributed by atoms with E-state index in [1.807, 2.05) is 62.6 Å². The summed E-state index contributed by atoms with van der Waals surface area (Å²) in [5, 5.41) is 8.64. The fourth-order valence-electron chi connectivity index (χ4n) is 4.38. The number of aryl methyl sites for hydroxylation is 1. The lowest BCUT2D eigenvalue weighted by Gasteiger charge is -2.31. The quantitative estimate of drug-likeness (QED) is 0.488. The summed E-state index contributed by atoms with van der Waals surface area (Å²) in [6, 6.07) is 14.1. The third-order valence-corrected chi connectivity index (χ3v) is 6.15. The maximum atomic E-state index is 12.4. The zero-order valence-corrected chi connectivity index (χ0v) is 19.7. The molecule has 1 N–H and O–H groups in total. The van der Waals surface area contributed by atoms with E-state index >= 15 is 0 Å². The average Bonchev–Trinajstić information content (AvgIpc) is 3.25. The number of anilines is 1. The Hall–Kier alpha value is -3.62. The first-order chi connectivity index (χ1) is 16.5. The molecule has 34 heavy (non-hydrogen) atoms. The minimum absolute atomic E-state index is 0.0467. The maximum Gasteiger partial charge on any atom is 0.224 e. The van der Waals surface area contributed by atoms with Crippen LogP contribution in [-0.4, -0.2) is 57.3 Å². The topological polar surface area (TPSA) is 85.2 Å². The maximum absolute atomic E-state index is 12.4. The highest BCUT2D eigenvalue weighted by molar-refractivity contribution is 6.00. The van der Waals surface area contributed by atoms with E-state index in [0.717, 1.165) is 57.8 Å². The van der Waals surface area contributed by atoms with Gasteiger partial charge in [0.15, 0.2) is 0 Å². The number of carbonyl (C=O) groups excluding carboxylic acids is 1. The number of fused-ring (bicyclic) bond motifs is 1. The second kappa shape index (κ2) is 9.32. The third kappa shape index (κ3) is 4.30. The van der Waals surface area contributed by atoms with Gasteiger partial charge < -0.3 is 15.0 Å². The molecule has 0 spiro atoms. The Kier molecular flexibility index (Phi) is 6.08. The summed E-state index contributed by atoms with van der Waals surface area (Å²) >= 11 is 0. The molecule has 0 radical (unpaired) electrons. The van der Waals surface area contributed by atoms with Crippen LogP contribution in [0.5, 0.6) is 0 Å². The van der Waals surface area contributed by atoms with Gasteiger partial charge >= 0.3 is 0 Å². The number of rotatable bonds is 5. The van der Waals surface area contributed by atoms with E-state index in [4.69, 9.17) is 9.84 Å². The van der Waals surface area contributed by atoms with Crippen LogP contribution >= 0.6 is 0 Å². The van der Waals surface area contributed by atoms with Crippen molar-refractivity contribution in [1.29, 1.82) is 0 Å². The molecule has 1 aliphatic rings. The number of hydrogen-bond donors (Lipinski definition) is 1. The number of likely N-dealkylation sites (N-methyl/N-ethyl adjacent to an activating group) is 1. The molecule has 1 amide bonds. The minimum atomic E-state index is -0.146. The molecule has 0 saturated carbocycles. The largest absolute Gasteiger partial charge is 0.371 e. The zero-order chi connectivity index (χ0) is 23.7. The number of nitrogens with zero attached hydrogens (tertiary/aromatic N) is 5. The molecule has 1 atom stereocenters. The molecule has 2 aromatic carbocycles. The highest BCUT2D eigenvalue weighted by Crippen LogP contribution is 2.37. The molecule has 1 saturated heterocycles. The summed E-state index contributed by atoms with van der Waals surface area (Å²) in [6.45, 7) is 4.12. The molecule has 3 heterocycles. The van der Waals surface area contributed by atoms with Crippen LogP contribution in [0, 0.1) is 0 Å². The molecule has 5 rings (SSSR count). The number of aromatic nitrogens is 4. The molecule has 1 unspecified atom stereocenters. The van der Waals surface area contributed by atoms with Crippen LogP contribution in [0.25, 0.3) is 33.4 Å². The van der Waals surface area contributed by atoms with Crippen molar-refractivity contribution in [2.75, 3.05) is 32.1 Å². The standard InChI is InChI=1S/C26H28N6O2/c1-4-24(33)29-22-13-19-21(12-18(22)23-15-31(2)10-11-34-23)27-16-28-26(19)20-14-32(3)30-25(20)17-8-6-5-7-9-17/h5-9,12-14,16,23H,4,10-11,15H2,1-3H3,(H,29,33). The van der Waals surface area contributed by atoms with Crippen molar-refractivity contribution in [2.45, 2.75) is 19.4 Å². The van der Waals surface area contributed by atoms with Gasteiger partial charge in [0.1, 0.15) is 12.0 Å². The van der Waals surface area contributed by atoms with E-state index in [9.17, 15) is 4.79 Å². The molecule has 1 aliphatic heterocycles. The van der Waals surface area contributed by atoms with Gasteiger partial charge in [-0.2, -0.15) is 5.10 Å². The lowest BCUT2D eigenvalue weighted by atomic mass is 9.98. The highest BCUT2D eigenvalue weighted by atomic mass is 16.5. The van der Waals surface area contributed by atoms with E-state index in [1.54, 1.807) is 11.0 Å². The monoisotopic (exact) mass is 456 g/mol. The number of nitrogens with one attached hydrogen (secondary N) is 1. The predicted molar refractivity (Wildman–Crippen MR) is 132 cm³/mol. The Morgan fingerprint density at radius 1 is 1.15 bits per heavy atom. The van der Waals surface area contributed by atoms with Gasteiger partial charge in [0.2, 0.25) is 5.91 Å². The van der Waals surface area contributed by atoms with E-state index < -0.39 is 0 Å². The van der Waals surface area contributed by atoms with Gasteiger partial charge in [-0.1, -0.05) is 37.3 Å². The van der Waals surface area contributed by atoms with E-state index in [1.165, 1.54) is 0 Å². The number of carbonyl (C=O) groups is 1. The smallest absolute Gasteiger partial charge is 0.224 e. The van der Waals surface area contributed by atoms with Crippen LogP contribution in [0.4, 0.5) is 5.69 Å². The number of hydrogen-bond acceptors (Lipinski definition) is 6. The van der Waals surface area contributed by atoms with Crippen LogP contribution in [0.15, 0.2) is 55.0 Å². The van der Waals surface area contributed by atoms with Gasteiger partial charge in [0.05, 0.1) is 23.9 Å².